The smallest absolute Gasteiger partial charge is 0.246 e. The highest BCUT2D eigenvalue weighted by atomic mass is 79.9. The van der Waals surface area contributed by atoms with Crippen LogP contribution in [0.15, 0.2) is 51.8 Å². The SMILES string of the molecule is COc1ccc(C)cc1S(=O)(=O)N1CCC[C@@H](C(=O)Nc2ccccc2Br)C1. The summed E-state index contributed by atoms with van der Waals surface area (Å²) < 4.78 is 33.8. The maximum Gasteiger partial charge on any atom is 0.246 e. The second-order valence-electron chi connectivity index (χ2n) is 6.83. The van der Waals surface area contributed by atoms with Gasteiger partial charge in [0.1, 0.15) is 10.6 Å². The number of halogens is 1. The molecule has 1 aliphatic rings. The van der Waals surface area contributed by atoms with Gasteiger partial charge in [-0.15, -0.1) is 0 Å². The zero-order valence-corrected chi connectivity index (χ0v) is 18.2. The van der Waals surface area contributed by atoms with Gasteiger partial charge in [-0.1, -0.05) is 18.2 Å². The molecule has 1 saturated heterocycles. The Morgan fingerprint density at radius 3 is 2.71 bits per heavy atom. The van der Waals surface area contributed by atoms with Crippen LogP contribution in [0.4, 0.5) is 5.69 Å². The predicted octanol–water partition coefficient (Wildman–Crippen LogP) is 3.81. The molecule has 1 amide bonds. The molecular weight excluding hydrogens is 444 g/mol. The van der Waals surface area contributed by atoms with Crippen molar-refractivity contribution in [3.8, 4) is 5.75 Å². The van der Waals surface area contributed by atoms with Gasteiger partial charge in [-0.25, -0.2) is 8.42 Å². The van der Waals surface area contributed by atoms with Gasteiger partial charge in [0.25, 0.3) is 0 Å². The number of sulfonamides is 1. The average molecular weight is 467 g/mol. The number of benzene rings is 2. The number of amides is 1. The molecule has 1 atom stereocenters. The minimum Gasteiger partial charge on any atom is -0.495 e. The van der Waals surface area contributed by atoms with Crippen molar-refractivity contribution in [2.45, 2.75) is 24.7 Å². The molecule has 3 rings (SSSR count). The summed E-state index contributed by atoms with van der Waals surface area (Å²) in [6.45, 7) is 2.37. The van der Waals surface area contributed by atoms with Gasteiger partial charge in [0.05, 0.1) is 18.7 Å². The molecule has 1 fully saturated rings. The molecular formula is C20H23BrN2O4S. The average Bonchev–Trinajstić information content (AvgIpc) is 2.69. The molecule has 0 bridgehead atoms. The lowest BCUT2D eigenvalue weighted by Gasteiger charge is -2.31. The third-order valence-corrected chi connectivity index (χ3v) is 7.40. The molecule has 1 N–H and O–H groups in total. The van der Waals surface area contributed by atoms with Gasteiger partial charge in [0.2, 0.25) is 15.9 Å². The molecule has 2 aromatic carbocycles. The van der Waals surface area contributed by atoms with E-state index in [1.54, 1.807) is 18.2 Å². The van der Waals surface area contributed by atoms with Crippen molar-refractivity contribution in [3.05, 3.63) is 52.5 Å². The molecule has 150 valence electrons. The summed E-state index contributed by atoms with van der Waals surface area (Å²) in [5, 5.41) is 2.89. The highest BCUT2D eigenvalue weighted by Crippen LogP contribution is 2.31. The Bertz CT molecular complexity index is 978. The molecule has 0 aliphatic carbocycles. The summed E-state index contributed by atoms with van der Waals surface area (Å²) in [5.74, 6) is -0.278. The van der Waals surface area contributed by atoms with Crippen LogP contribution in [0.3, 0.4) is 0 Å². The molecule has 2 aromatic rings. The van der Waals surface area contributed by atoms with Gasteiger partial charge < -0.3 is 10.1 Å². The number of hydrogen-bond donors (Lipinski definition) is 1. The fourth-order valence-electron chi connectivity index (χ4n) is 3.30. The van der Waals surface area contributed by atoms with Crippen LogP contribution in [0.5, 0.6) is 5.75 Å². The lowest BCUT2D eigenvalue weighted by atomic mass is 9.99. The van der Waals surface area contributed by atoms with Crippen molar-refractivity contribution in [3.63, 3.8) is 0 Å². The van der Waals surface area contributed by atoms with Crippen LogP contribution in [0, 0.1) is 12.8 Å². The van der Waals surface area contributed by atoms with E-state index in [4.69, 9.17) is 4.74 Å². The highest BCUT2D eigenvalue weighted by molar-refractivity contribution is 9.10. The van der Waals surface area contributed by atoms with E-state index in [0.717, 1.165) is 10.0 Å². The number of anilines is 1. The molecule has 1 aliphatic heterocycles. The third-order valence-electron chi connectivity index (χ3n) is 4.82. The van der Waals surface area contributed by atoms with Crippen LogP contribution in [-0.4, -0.2) is 38.8 Å². The monoisotopic (exact) mass is 466 g/mol. The van der Waals surface area contributed by atoms with Crippen molar-refractivity contribution in [2.75, 3.05) is 25.5 Å². The summed E-state index contributed by atoms with van der Waals surface area (Å²) in [7, 11) is -2.30. The Morgan fingerprint density at radius 2 is 2.00 bits per heavy atom. The Hall–Kier alpha value is -1.90. The summed E-state index contributed by atoms with van der Waals surface area (Å²) in [4.78, 5) is 12.9. The van der Waals surface area contributed by atoms with E-state index >= 15 is 0 Å². The van der Waals surface area contributed by atoms with E-state index in [0.29, 0.717) is 30.8 Å². The third kappa shape index (κ3) is 4.39. The first kappa shape index (κ1) is 20.8. The normalized spacial score (nSPS) is 17.9. The lowest BCUT2D eigenvalue weighted by molar-refractivity contribution is -0.120. The van der Waals surface area contributed by atoms with E-state index < -0.39 is 15.9 Å². The minimum atomic E-state index is -3.76. The summed E-state index contributed by atoms with van der Waals surface area (Å²) >= 11 is 3.41. The van der Waals surface area contributed by atoms with Crippen LogP contribution < -0.4 is 10.1 Å². The molecule has 28 heavy (non-hydrogen) atoms. The Balaban J connectivity index is 1.80. The Labute approximate surface area is 174 Å². The van der Waals surface area contributed by atoms with Crippen LogP contribution in [-0.2, 0) is 14.8 Å². The number of para-hydroxylation sites is 1. The number of aryl methyl sites for hydroxylation is 1. The first-order chi connectivity index (χ1) is 13.3. The van der Waals surface area contributed by atoms with Gasteiger partial charge in [-0.3, -0.25) is 4.79 Å². The van der Waals surface area contributed by atoms with Gasteiger partial charge in [-0.05, 0) is 65.5 Å². The fraction of sp³-hybridized carbons (Fsp3) is 0.350. The minimum absolute atomic E-state index is 0.141. The largest absolute Gasteiger partial charge is 0.495 e. The molecule has 0 radical (unpaired) electrons. The van der Waals surface area contributed by atoms with Crippen molar-refractivity contribution >= 4 is 37.5 Å². The zero-order valence-electron chi connectivity index (χ0n) is 15.8. The van der Waals surface area contributed by atoms with Gasteiger partial charge in [0, 0.05) is 17.6 Å². The number of carbonyl (C=O) groups excluding carboxylic acids is 1. The van der Waals surface area contributed by atoms with E-state index in [2.05, 4.69) is 21.2 Å². The molecule has 6 nitrogen and oxygen atoms in total. The molecule has 8 heteroatoms. The molecule has 1 heterocycles. The zero-order chi connectivity index (χ0) is 20.3. The summed E-state index contributed by atoms with van der Waals surface area (Å²) in [5.41, 5.74) is 1.51. The first-order valence-corrected chi connectivity index (χ1v) is 11.3. The van der Waals surface area contributed by atoms with Crippen LogP contribution in [0.2, 0.25) is 0 Å². The number of methoxy groups -OCH3 is 1. The molecule has 0 aromatic heterocycles. The first-order valence-electron chi connectivity index (χ1n) is 9.03. The quantitative estimate of drug-likeness (QED) is 0.726. The van der Waals surface area contributed by atoms with Crippen molar-refractivity contribution in [1.29, 1.82) is 0 Å². The lowest BCUT2D eigenvalue weighted by Crippen LogP contribution is -2.43. The van der Waals surface area contributed by atoms with Crippen molar-refractivity contribution in [2.24, 2.45) is 5.92 Å². The Kier molecular flexibility index (Phi) is 6.42. The van der Waals surface area contributed by atoms with E-state index in [-0.39, 0.29) is 17.3 Å². The molecule has 0 unspecified atom stereocenters. The predicted molar refractivity (Wildman–Crippen MR) is 112 cm³/mol. The fourth-order valence-corrected chi connectivity index (χ4v) is 5.44. The van der Waals surface area contributed by atoms with E-state index in [1.165, 1.54) is 11.4 Å². The van der Waals surface area contributed by atoms with Crippen LogP contribution in [0.25, 0.3) is 0 Å². The van der Waals surface area contributed by atoms with Crippen molar-refractivity contribution < 1.29 is 17.9 Å². The number of nitrogens with zero attached hydrogens (tertiary/aromatic N) is 1. The second kappa shape index (κ2) is 8.63. The van der Waals surface area contributed by atoms with Gasteiger partial charge in [0.15, 0.2) is 0 Å². The maximum atomic E-state index is 13.2. The number of ether oxygens (including phenoxy) is 1. The van der Waals surface area contributed by atoms with Crippen molar-refractivity contribution in [1.82, 2.24) is 4.31 Å². The summed E-state index contributed by atoms with van der Waals surface area (Å²) in [6.07, 6.45) is 1.27. The number of piperidine rings is 1. The maximum absolute atomic E-state index is 13.2. The van der Waals surface area contributed by atoms with Crippen LogP contribution >= 0.6 is 15.9 Å². The number of rotatable bonds is 5. The summed E-state index contributed by atoms with van der Waals surface area (Å²) in [6, 6.07) is 12.4. The topological polar surface area (TPSA) is 75.7 Å². The van der Waals surface area contributed by atoms with E-state index in [1.807, 2.05) is 31.2 Å². The van der Waals surface area contributed by atoms with Crippen LogP contribution in [0.1, 0.15) is 18.4 Å². The molecule has 0 saturated carbocycles. The standard InChI is InChI=1S/C20H23BrN2O4S/c1-14-9-10-18(27-2)19(12-14)28(25,26)23-11-5-6-15(13-23)20(24)22-17-8-4-3-7-16(17)21/h3-4,7-10,12,15H,5-6,11,13H2,1-2H3,(H,22,24)/t15-/m1/s1. The Morgan fingerprint density at radius 1 is 1.25 bits per heavy atom. The van der Waals surface area contributed by atoms with E-state index in [9.17, 15) is 13.2 Å². The number of carbonyl (C=O) groups is 1. The van der Waals surface area contributed by atoms with Gasteiger partial charge >= 0.3 is 0 Å². The highest BCUT2D eigenvalue weighted by Gasteiger charge is 2.35. The molecule has 0 spiro atoms. The number of hydrogen-bond acceptors (Lipinski definition) is 4. The second-order valence-corrected chi connectivity index (χ2v) is 9.59. The number of nitrogens with one attached hydrogen (secondary N) is 1. The van der Waals surface area contributed by atoms with Gasteiger partial charge in [-0.2, -0.15) is 4.31 Å².